The van der Waals surface area contributed by atoms with Crippen molar-refractivity contribution >= 4 is 12.3 Å². The molecule has 2 N–H and O–H groups in total. The number of esters is 1. The third kappa shape index (κ3) is 3.39. The summed E-state index contributed by atoms with van der Waals surface area (Å²) in [5.41, 5.74) is 6.30. The topological polar surface area (TPSA) is 69.4 Å². The molecule has 1 rings (SSSR count). The number of benzene rings is 1. The average Bonchev–Trinajstić information content (AvgIpc) is 2.25. The second-order valence-corrected chi connectivity index (χ2v) is 4.70. The van der Waals surface area contributed by atoms with Gasteiger partial charge in [0.05, 0.1) is 5.56 Å². The van der Waals surface area contributed by atoms with Crippen LogP contribution in [0, 0.1) is 0 Å². The lowest BCUT2D eigenvalue weighted by atomic mass is 10.0. The van der Waals surface area contributed by atoms with E-state index >= 15 is 0 Å². The molecule has 4 heteroatoms. The summed E-state index contributed by atoms with van der Waals surface area (Å²) in [4.78, 5) is 22.8. The predicted octanol–water partition coefficient (Wildman–Crippen LogP) is 1.91. The highest BCUT2D eigenvalue weighted by molar-refractivity contribution is 5.94. The molecule has 0 amide bonds. The van der Waals surface area contributed by atoms with Crippen LogP contribution in [0.3, 0.4) is 0 Å². The molecule has 0 unspecified atom stereocenters. The van der Waals surface area contributed by atoms with E-state index in [0.29, 0.717) is 23.0 Å². The van der Waals surface area contributed by atoms with E-state index in [-0.39, 0.29) is 6.54 Å². The lowest BCUT2D eigenvalue weighted by Gasteiger charge is -2.20. The Morgan fingerprint density at radius 2 is 2.06 bits per heavy atom. The van der Waals surface area contributed by atoms with Crippen LogP contribution in [-0.2, 0) is 11.3 Å². The van der Waals surface area contributed by atoms with Gasteiger partial charge in [-0.1, -0.05) is 12.1 Å². The second kappa shape index (κ2) is 5.10. The summed E-state index contributed by atoms with van der Waals surface area (Å²) in [7, 11) is 0. The average molecular weight is 235 g/mol. The van der Waals surface area contributed by atoms with Crippen LogP contribution in [0.25, 0.3) is 0 Å². The number of ether oxygens (including phenoxy) is 1. The monoisotopic (exact) mass is 235 g/mol. The first-order chi connectivity index (χ1) is 7.89. The Labute approximate surface area is 101 Å². The van der Waals surface area contributed by atoms with E-state index in [0.717, 1.165) is 0 Å². The molecule has 0 aromatic heterocycles. The van der Waals surface area contributed by atoms with Crippen molar-refractivity contribution < 1.29 is 14.3 Å². The Kier molecular flexibility index (Phi) is 4.02. The smallest absolute Gasteiger partial charge is 0.338 e. The summed E-state index contributed by atoms with van der Waals surface area (Å²) in [5, 5.41) is 0. The van der Waals surface area contributed by atoms with Gasteiger partial charge in [-0.05, 0) is 32.4 Å². The van der Waals surface area contributed by atoms with Crippen molar-refractivity contribution in [2.45, 2.75) is 32.9 Å². The highest BCUT2D eigenvalue weighted by Gasteiger charge is 2.20. The number of carbonyl (C=O) groups is 2. The van der Waals surface area contributed by atoms with Crippen molar-refractivity contribution in [1.82, 2.24) is 0 Å². The van der Waals surface area contributed by atoms with Gasteiger partial charge in [0.2, 0.25) is 0 Å². The van der Waals surface area contributed by atoms with Crippen molar-refractivity contribution in [1.29, 1.82) is 0 Å². The Bertz CT molecular complexity index is 433. The molecule has 0 aliphatic carbocycles. The number of rotatable bonds is 3. The van der Waals surface area contributed by atoms with Crippen LogP contribution in [0.4, 0.5) is 0 Å². The molecular formula is C13H17NO3. The van der Waals surface area contributed by atoms with Gasteiger partial charge in [-0.3, -0.25) is 4.79 Å². The summed E-state index contributed by atoms with van der Waals surface area (Å²) in [5.74, 6) is -0.457. The minimum Gasteiger partial charge on any atom is -0.456 e. The summed E-state index contributed by atoms with van der Waals surface area (Å²) in [6, 6.07) is 4.88. The molecule has 1 aromatic rings. The number of nitrogens with two attached hydrogens (primary N) is 1. The fourth-order valence-corrected chi connectivity index (χ4v) is 1.47. The maximum absolute atomic E-state index is 11.9. The van der Waals surface area contributed by atoms with Crippen LogP contribution in [0.5, 0.6) is 0 Å². The maximum Gasteiger partial charge on any atom is 0.338 e. The fraction of sp³-hybridized carbons (Fsp3) is 0.385. The van der Waals surface area contributed by atoms with Crippen molar-refractivity contribution in [3.63, 3.8) is 0 Å². The van der Waals surface area contributed by atoms with Crippen LogP contribution in [0.1, 0.15) is 47.1 Å². The molecule has 0 saturated heterocycles. The third-order valence-electron chi connectivity index (χ3n) is 2.16. The molecule has 0 atom stereocenters. The van der Waals surface area contributed by atoms with Gasteiger partial charge in [-0.25, -0.2) is 4.79 Å². The Hall–Kier alpha value is -1.68. The summed E-state index contributed by atoms with van der Waals surface area (Å²) in [6.07, 6.45) is 0.691. The van der Waals surface area contributed by atoms with Crippen LogP contribution in [0.15, 0.2) is 18.2 Å². The quantitative estimate of drug-likeness (QED) is 0.641. The molecule has 0 saturated carbocycles. The number of hydrogen-bond donors (Lipinski definition) is 1. The molecular weight excluding hydrogens is 218 g/mol. The molecule has 92 valence electrons. The number of carbonyl (C=O) groups excluding carboxylic acids is 2. The minimum absolute atomic E-state index is 0.128. The first-order valence-corrected chi connectivity index (χ1v) is 5.39. The van der Waals surface area contributed by atoms with Gasteiger partial charge >= 0.3 is 5.97 Å². The van der Waals surface area contributed by atoms with Gasteiger partial charge in [0.25, 0.3) is 0 Å². The molecule has 17 heavy (non-hydrogen) atoms. The zero-order valence-electron chi connectivity index (χ0n) is 10.3. The zero-order valence-corrected chi connectivity index (χ0v) is 10.3. The first-order valence-electron chi connectivity index (χ1n) is 5.39. The van der Waals surface area contributed by atoms with E-state index in [1.165, 1.54) is 0 Å². The van der Waals surface area contributed by atoms with Gasteiger partial charge in [-0.15, -0.1) is 0 Å². The molecule has 0 aliphatic rings. The first kappa shape index (κ1) is 13.4. The van der Waals surface area contributed by atoms with Crippen LogP contribution in [0.2, 0.25) is 0 Å². The van der Waals surface area contributed by atoms with E-state index < -0.39 is 11.6 Å². The third-order valence-corrected chi connectivity index (χ3v) is 2.16. The highest BCUT2D eigenvalue weighted by Crippen LogP contribution is 2.17. The van der Waals surface area contributed by atoms with E-state index in [4.69, 9.17) is 10.5 Å². The molecule has 0 fully saturated rings. The van der Waals surface area contributed by atoms with Gasteiger partial charge in [0.15, 0.2) is 0 Å². The SMILES string of the molecule is CC(C)(C)OC(=O)c1cccc(C=O)c1CN. The van der Waals surface area contributed by atoms with Gasteiger partial charge in [0, 0.05) is 12.1 Å². The Morgan fingerprint density at radius 3 is 2.53 bits per heavy atom. The lowest BCUT2D eigenvalue weighted by Crippen LogP contribution is -2.25. The van der Waals surface area contributed by atoms with E-state index in [1.54, 1.807) is 39.0 Å². The van der Waals surface area contributed by atoms with Crippen molar-refractivity contribution in [3.8, 4) is 0 Å². The summed E-state index contributed by atoms with van der Waals surface area (Å²) < 4.78 is 5.26. The fourth-order valence-electron chi connectivity index (χ4n) is 1.47. The van der Waals surface area contributed by atoms with Gasteiger partial charge in [0.1, 0.15) is 11.9 Å². The van der Waals surface area contributed by atoms with Crippen molar-refractivity contribution in [2.75, 3.05) is 0 Å². The van der Waals surface area contributed by atoms with Crippen LogP contribution in [-0.4, -0.2) is 17.9 Å². The lowest BCUT2D eigenvalue weighted by molar-refractivity contribution is 0.00683. The van der Waals surface area contributed by atoms with Crippen LogP contribution < -0.4 is 5.73 Å². The zero-order chi connectivity index (χ0) is 13.1. The molecule has 0 bridgehead atoms. The highest BCUT2D eigenvalue weighted by atomic mass is 16.6. The largest absolute Gasteiger partial charge is 0.456 e. The maximum atomic E-state index is 11.9. The second-order valence-electron chi connectivity index (χ2n) is 4.70. The molecule has 4 nitrogen and oxygen atoms in total. The van der Waals surface area contributed by atoms with E-state index in [2.05, 4.69) is 0 Å². The number of hydrogen-bond acceptors (Lipinski definition) is 4. The number of aldehydes is 1. The minimum atomic E-state index is -0.569. The van der Waals surface area contributed by atoms with Crippen LogP contribution >= 0.6 is 0 Å². The Morgan fingerprint density at radius 1 is 1.41 bits per heavy atom. The predicted molar refractivity (Wildman–Crippen MR) is 64.9 cm³/mol. The molecule has 0 spiro atoms. The molecule has 1 aromatic carbocycles. The standard InChI is InChI=1S/C13H17NO3/c1-13(2,3)17-12(16)10-6-4-5-9(8-15)11(10)7-14/h4-6,8H,7,14H2,1-3H3. The van der Waals surface area contributed by atoms with E-state index in [9.17, 15) is 9.59 Å². The molecule has 0 heterocycles. The summed E-state index contributed by atoms with van der Waals surface area (Å²) in [6.45, 7) is 5.49. The van der Waals surface area contributed by atoms with E-state index in [1.807, 2.05) is 0 Å². The van der Waals surface area contributed by atoms with Crippen molar-refractivity contribution in [3.05, 3.63) is 34.9 Å². The normalized spacial score (nSPS) is 11.1. The molecule has 0 radical (unpaired) electrons. The van der Waals surface area contributed by atoms with Crippen molar-refractivity contribution in [2.24, 2.45) is 5.73 Å². The molecule has 0 aliphatic heterocycles. The Balaban J connectivity index is 3.13. The van der Waals surface area contributed by atoms with Gasteiger partial charge < -0.3 is 10.5 Å². The van der Waals surface area contributed by atoms with Gasteiger partial charge in [-0.2, -0.15) is 0 Å². The summed E-state index contributed by atoms with van der Waals surface area (Å²) >= 11 is 0.